The number of aromatic nitrogens is 3. The first-order valence-corrected chi connectivity index (χ1v) is 9.57. The molecule has 6 nitrogen and oxygen atoms in total. The van der Waals surface area contributed by atoms with Gasteiger partial charge in [0.15, 0.2) is 0 Å². The number of aryl methyl sites for hydroxylation is 1. The van der Waals surface area contributed by atoms with Crippen LogP contribution in [0.3, 0.4) is 0 Å². The van der Waals surface area contributed by atoms with Crippen LogP contribution in [0, 0.1) is 12.3 Å². The monoisotopic (exact) mass is 353 g/mol. The molecule has 4 heterocycles. The Morgan fingerprint density at radius 1 is 1.31 bits per heavy atom. The van der Waals surface area contributed by atoms with Crippen LogP contribution in [0.1, 0.15) is 36.9 Å². The van der Waals surface area contributed by atoms with Gasteiger partial charge in [-0.05, 0) is 37.8 Å². The standard InChI is InChI=1S/C20H27N5O/c1-16-4-2-9-22-19(16)25-10-3-7-20(14-25)8-5-18(26)24(13-20)11-6-17-12-21-15-23-17/h2,4,9,12,15H,3,5-8,10-11,13-14H2,1H3,(H,21,23). The predicted molar refractivity (Wildman–Crippen MR) is 101 cm³/mol. The van der Waals surface area contributed by atoms with Gasteiger partial charge < -0.3 is 14.8 Å². The molecule has 0 aliphatic carbocycles. The predicted octanol–water partition coefficient (Wildman–Crippen LogP) is 2.56. The molecule has 2 saturated heterocycles. The topological polar surface area (TPSA) is 65.1 Å². The van der Waals surface area contributed by atoms with E-state index in [-0.39, 0.29) is 5.41 Å². The molecule has 0 saturated carbocycles. The fourth-order valence-electron chi connectivity index (χ4n) is 4.51. The molecule has 4 rings (SSSR count). The van der Waals surface area contributed by atoms with Gasteiger partial charge in [-0.3, -0.25) is 4.79 Å². The fraction of sp³-hybridized carbons (Fsp3) is 0.550. The first kappa shape index (κ1) is 17.1. The van der Waals surface area contributed by atoms with Gasteiger partial charge in [0.1, 0.15) is 5.82 Å². The Morgan fingerprint density at radius 3 is 3.04 bits per heavy atom. The fourth-order valence-corrected chi connectivity index (χ4v) is 4.51. The maximum Gasteiger partial charge on any atom is 0.222 e. The van der Waals surface area contributed by atoms with E-state index < -0.39 is 0 Å². The minimum Gasteiger partial charge on any atom is -0.356 e. The lowest BCUT2D eigenvalue weighted by atomic mass is 9.73. The van der Waals surface area contributed by atoms with E-state index in [1.807, 2.05) is 18.5 Å². The average Bonchev–Trinajstić information content (AvgIpc) is 3.17. The zero-order valence-electron chi connectivity index (χ0n) is 15.4. The Labute approximate surface area is 154 Å². The van der Waals surface area contributed by atoms with Crippen molar-refractivity contribution >= 4 is 11.7 Å². The Kier molecular flexibility index (Phi) is 4.66. The van der Waals surface area contributed by atoms with E-state index in [0.717, 1.165) is 50.5 Å². The Bertz CT molecular complexity index is 759. The van der Waals surface area contributed by atoms with Gasteiger partial charge >= 0.3 is 0 Å². The van der Waals surface area contributed by atoms with Crippen LogP contribution in [-0.4, -0.2) is 51.9 Å². The number of H-pyrrole nitrogens is 1. The smallest absolute Gasteiger partial charge is 0.222 e. The van der Waals surface area contributed by atoms with Crippen molar-refractivity contribution in [2.24, 2.45) is 5.41 Å². The summed E-state index contributed by atoms with van der Waals surface area (Å²) in [6.45, 7) is 5.82. The summed E-state index contributed by atoms with van der Waals surface area (Å²) in [5.41, 5.74) is 2.52. The maximum absolute atomic E-state index is 12.5. The highest BCUT2D eigenvalue weighted by Gasteiger charge is 2.42. The molecule has 2 aromatic rings. The number of amides is 1. The highest BCUT2D eigenvalue weighted by atomic mass is 16.2. The van der Waals surface area contributed by atoms with Crippen LogP contribution in [0.2, 0.25) is 0 Å². The summed E-state index contributed by atoms with van der Waals surface area (Å²) in [7, 11) is 0. The van der Waals surface area contributed by atoms with Gasteiger partial charge in [-0.2, -0.15) is 0 Å². The van der Waals surface area contributed by atoms with E-state index >= 15 is 0 Å². The van der Waals surface area contributed by atoms with Gasteiger partial charge in [0, 0.05) is 62.5 Å². The summed E-state index contributed by atoms with van der Waals surface area (Å²) < 4.78 is 0. The second kappa shape index (κ2) is 7.09. The van der Waals surface area contributed by atoms with Gasteiger partial charge in [0.2, 0.25) is 5.91 Å². The van der Waals surface area contributed by atoms with E-state index in [0.29, 0.717) is 12.3 Å². The quantitative estimate of drug-likeness (QED) is 0.917. The molecule has 138 valence electrons. The van der Waals surface area contributed by atoms with E-state index in [2.05, 4.69) is 37.7 Å². The van der Waals surface area contributed by atoms with Crippen molar-refractivity contribution in [1.29, 1.82) is 0 Å². The van der Waals surface area contributed by atoms with Crippen LogP contribution in [0.4, 0.5) is 5.82 Å². The van der Waals surface area contributed by atoms with Gasteiger partial charge in [0.05, 0.1) is 6.33 Å². The zero-order valence-corrected chi connectivity index (χ0v) is 15.4. The normalized spacial score (nSPS) is 23.7. The van der Waals surface area contributed by atoms with Gasteiger partial charge in [0.25, 0.3) is 0 Å². The van der Waals surface area contributed by atoms with Crippen LogP contribution in [0.25, 0.3) is 0 Å². The second-order valence-corrected chi connectivity index (χ2v) is 7.81. The minimum atomic E-state index is 0.199. The third-order valence-corrected chi connectivity index (χ3v) is 5.90. The molecule has 0 aromatic carbocycles. The van der Waals surface area contributed by atoms with Crippen LogP contribution in [-0.2, 0) is 11.2 Å². The third kappa shape index (κ3) is 3.45. The van der Waals surface area contributed by atoms with Crippen molar-refractivity contribution in [1.82, 2.24) is 19.9 Å². The number of imidazole rings is 1. The van der Waals surface area contributed by atoms with Crippen molar-refractivity contribution in [3.8, 4) is 0 Å². The lowest BCUT2D eigenvalue weighted by Crippen LogP contribution is -2.54. The number of carbonyl (C=O) groups is 1. The number of carbonyl (C=O) groups excluding carboxylic acids is 1. The molecule has 2 aliphatic rings. The number of rotatable bonds is 4. The number of aromatic amines is 1. The highest BCUT2D eigenvalue weighted by molar-refractivity contribution is 5.77. The van der Waals surface area contributed by atoms with Crippen molar-refractivity contribution in [2.75, 3.05) is 31.1 Å². The molecule has 1 atom stereocenters. The molecule has 0 radical (unpaired) electrons. The Hall–Kier alpha value is -2.37. The molecule has 26 heavy (non-hydrogen) atoms. The van der Waals surface area contributed by atoms with Crippen LogP contribution in [0.5, 0.6) is 0 Å². The number of hydrogen-bond donors (Lipinski definition) is 1. The minimum absolute atomic E-state index is 0.199. The number of pyridine rings is 1. The van der Waals surface area contributed by atoms with E-state index in [1.54, 1.807) is 6.33 Å². The van der Waals surface area contributed by atoms with E-state index in [4.69, 9.17) is 0 Å². The largest absolute Gasteiger partial charge is 0.356 e. The summed E-state index contributed by atoms with van der Waals surface area (Å²) in [6, 6.07) is 4.12. The number of hydrogen-bond acceptors (Lipinski definition) is 4. The molecule has 1 amide bonds. The molecule has 2 aromatic heterocycles. The maximum atomic E-state index is 12.5. The molecule has 2 fully saturated rings. The molecule has 1 unspecified atom stereocenters. The highest BCUT2D eigenvalue weighted by Crippen LogP contribution is 2.40. The van der Waals surface area contributed by atoms with Crippen LogP contribution in [0.15, 0.2) is 30.9 Å². The number of likely N-dealkylation sites (tertiary alicyclic amines) is 1. The molecule has 1 N–H and O–H groups in total. The summed E-state index contributed by atoms with van der Waals surface area (Å²) in [5.74, 6) is 1.40. The van der Waals surface area contributed by atoms with Gasteiger partial charge in [-0.25, -0.2) is 9.97 Å². The first-order chi connectivity index (χ1) is 12.7. The Balaban J connectivity index is 1.46. The third-order valence-electron chi connectivity index (χ3n) is 5.90. The number of nitrogens with one attached hydrogen (secondary N) is 1. The summed E-state index contributed by atoms with van der Waals surface area (Å²) in [5, 5.41) is 0. The van der Waals surface area contributed by atoms with Crippen LogP contribution >= 0.6 is 0 Å². The van der Waals surface area contributed by atoms with Crippen molar-refractivity contribution in [3.05, 3.63) is 42.1 Å². The lowest BCUT2D eigenvalue weighted by Gasteiger charge is -2.48. The first-order valence-electron chi connectivity index (χ1n) is 9.57. The second-order valence-electron chi connectivity index (χ2n) is 7.81. The Morgan fingerprint density at radius 2 is 2.23 bits per heavy atom. The number of nitrogens with zero attached hydrogens (tertiary/aromatic N) is 4. The van der Waals surface area contributed by atoms with Gasteiger partial charge in [-0.1, -0.05) is 6.07 Å². The van der Waals surface area contributed by atoms with E-state index in [1.165, 1.54) is 18.4 Å². The molecule has 2 aliphatic heterocycles. The molecule has 0 bridgehead atoms. The van der Waals surface area contributed by atoms with Crippen molar-refractivity contribution in [3.63, 3.8) is 0 Å². The SMILES string of the molecule is Cc1cccnc1N1CCCC2(CCC(=O)N(CCc3cnc[nH]3)C2)C1. The number of anilines is 1. The average molecular weight is 353 g/mol. The molecule has 1 spiro atoms. The molecular formula is C20H27N5O. The summed E-state index contributed by atoms with van der Waals surface area (Å²) >= 11 is 0. The van der Waals surface area contributed by atoms with Crippen molar-refractivity contribution in [2.45, 2.75) is 39.0 Å². The number of piperidine rings is 2. The van der Waals surface area contributed by atoms with Crippen molar-refractivity contribution < 1.29 is 4.79 Å². The van der Waals surface area contributed by atoms with Crippen LogP contribution < -0.4 is 4.90 Å². The zero-order chi connectivity index (χ0) is 18.0. The lowest BCUT2D eigenvalue weighted by molar-refractivity contribution is -0.137. The summed E-state index contributed by atoms with van der Waals surface area (Å²) in [4.78, 5) is 28.8. The van der Waals surface area contributed by atoms with Gasteiger partial charge in [-0.15, -0.1) is 0 Å². The summed E-state index contributed by atoms with van der Waals surface area (Å²) in [6.07, 6.45) is 10.3. The van der Waals surface area contributed by atoms with E-state index in [9.17, 15) is 4.79 Å². The molecule has 6 heteroatoms. The molecular weight excluding hydrogens is 326 g/mol.